The molecular formula is C43H50N8O5. The van der Waals surface area contributed by atoms with E-state index in [1.807, 2.05) is 24.4 Å². The van der Waals surface area contributed by atoms with Gasteiger partial charge >= 0.3 is 6.03 Å². The summed E-state index contributed by atoms with van der Waals surface area (Å²) < 4.78 is 11.7. The van der Waals surface area contributed by atoms with Gasteiger partial charge < -0.3 is 24.1 Å². The molecule has 2 N–H and O–H groups in total. The molecule has 4 fully saturated rings. The number of pyridine rings is 1. The summed E-state index contributed by atoms with van der Waals surface area (Å²) in [5.74, 6) is 1.05. The molecule has 56 heavy (non-hydrogen) atoms. The van der Waals surface area contributed by atoms with Gasteiger partial charge in [-0.1, -0.05) is 0 Å². The zero-order chi connectivity index (χ0) is 38.5. The van der Waals surface area contributed by atoms with Crippen LogP contribution in [0.25, 0.3) is 21.8 Å². The second-order valence-electron chi connectivity index (χ2n) is 16.2. The van der Waals surface area contributed by atoms with Crippen molar-refractivity contribution >= 4 is 51.0 Å². The van der Waals surface area contributed by atoms with E-state index in [9.17, 15) is 19.2 Å². The number of amides is 4. The van der Waals surface area contributed by atoms with Gasteiger partial charge in [-0.25, -0.2) is 4.79 Å². The van der Waals surface area contributed by atoms with Crippen molar-refractivity contribution in [2.75, 3.05) is 43.5 Å². The quantitative estimate of drug-likeness (QED) is 0.161. The van der Waals surface area contributed by atoms with Gasteiger partial charge in [0.15, 0.2) is 0 Å². The van der Waals surface area contributed by atoms with E-state index in [1.165, 1.54) is 25.0 Å². The number of anilines is 2. The number of aromatic nitrogens is 4. The van der Waals surface area contributed by atoms with E-state index >= 15 is 0 Å². The van der Waals surface area contributed by atoms with E-state index in [0.29, 0.717) is 42.2 Å². The number of nitrogens with zero attached hydrogens (tertiary/aromatic N) is 6. The number of carbonyl (C=O) groups is 3. The van der Waals surface area contributed by atoms with Crippen molar-refractivity contribution in [3.63, 3.8) is 0 Å². The van der Waals surface area contributed by atoms with E-state index in [4.69, 9.17) is 9.84 Å². The number of rotatable bonds is 10. The number of methoxy groups -OCH3 is 1. The summed E-state index contributed by atoms with van der Waals surface area (Å²) >= 11 is 0. The average Bonchev–Trinajstić information content (AvgIpc) is 3.89. The minimum absolute atomic E-state index is 0.183. The predicted octanol–water partition coefficient (Wildman–Crippen LogP) is 6.73. The van der Waals surface area contributed by atoms with Crippen LogP contribution in [0.3, 0.4) is 0 Å². The van der Waals surface area contributed by atoms with E-state index in [-0.39, 0.29) is 35.1 Å². The minimum atomic E-state index is -0.374. The SMILES string of the molecule is COc1cc2nn(C3CCC(CCN4CCC(c5cc6cc(N7CCC(=O)NC7=O)ccc6n5C)CC4)CC3)cc2cc1C(=O)Nc1cccn(C2CC2)c1=O. The maximum Gasteiger partial charge on any atom is 0.328 e. The number of fused-ring (bicyclic) bond motifs is 2. The van der Waals surface area contributed by atoms with Crippen molar-refractivity contribution in [3.8, 4) is 5.75 Å². The van der Waals surface area contributed by atoms with Crippen LogP contribution in [0.2, 0.25) is 0 Å². The lowest BCUT2D eigenvalue weighted by Crippen LogP contribution is -2.49. The molecule has 292 valence electrons. The van der Waals surface area contributed by atoms with Crippen molar-refractivity contribution in [2.24, 2.45) is 13.0 Å². The van der Waals surface area contributed by atoms with Crippen LogP contribution >= 0.6 is 0 Å². The van der Waals surface area contributed by atoms with Crippen molar-refractivity contribution < 1.29 is 19.1 Å². The highest BCUT2D eigenvalue weighted by atomic mass is 16.5. The molecule has 9 rings (SSSR count). The molecule has 4 amide bonds. The van der Waals surface area contributed by atoms with Crippen molar-refractivity contribution in [3.05, 3.63) is 82.5 Å². The molecule has 13 heteroatoms. The van der Waals surface area contributed by atoms with Gasteiger partial charge in [0.2, 0.25) is 5.91 Å². The largest absolute Gasteiger partial charge is 0.496 e. The van der Waals surface area contributed by atoms with Crippen LogP contribution in [0.5, 0.6) is 5.75 Å². The molecule has 13 nitrogen and oxygen atoms in total. The molecule has 2 aromatic carbocycles. The molecule has 0 unspecified atom stereocenters. The van der Waals surface area contributed by atoms with E-state index in [0.717, 1.165) is 85.7 Å². The first kappa shape index (κ1) is 36.2. The first-order valence-electron chi connectivity index (χ1n) is 20.2. The molecule has 0 bridgehead atoms. The molecule has 2 aliphatic carbocycles. The number of imide groups is 1. The van der Waals surface area contributed by atoms with Gasteiger partial charge in [0.05, 0.1) is 24.2 Å². The van der Waals surface area contributed by atoms with Crippen LogP contribution < -0.4 is 25.8 Å². The summed E-state index contributed by atoms with van der Waals surface area (Å²) in [6.45, 7) is 3.73. The lowest BCUT2D eigenvalue weighted by atomic mass is 9.84. The van der Waals surface area contributed by atoms with Gasteiger partial charge in [-0.3, -0.25) is 29.3 Å². The number of urea groups is 1. The fourth-order valence-corrected chi connectivity index (χ4v) is 9.28. The second kappa shape index (κ2) is 14.9. The Morgan fingerprint density at radius 1 is 0.911 bits per heavy atom. The molecule has 0 radical (unpaired) electrons. The van der Waals surface area contributed by atoms with E-state index in [1.54, 1.807) is 34.9 Å². The van der Waals surface area contributed by atoms with Crippen molar-refractivity contribution in [1.29, 1.82) is 0 Å². The molecule has 0 spiro atoms. The number of piperidine rings is 1. The van der Waals surface area contributed by atoms with Gasteiger partial charge in [0.1, 0.15) is 11.4 Å². The van der Waals surface area contributed by atoms with Crippen LogP contribution in [0.15, 0.2) is 65.7 Å². The van der Waals surface area contributed by atoms with Crippen molar-refractivity contribution in [2.45, 2.75) is 82.2 Å². The fraction of sp³-hybridized carbons (Fsp3) is 0.465. The highest BCUT2D eigenvalue weighted by Gasteiger charge is 2.29. The highest BCUT2D eigenvalue weighted by Crippen LogP contribution is 2.38. The Bertz CT molecular complexity index is 2370. The number of aryl methyl sites for hydroxylation is 1. The molecule has 2 saturated heterocycles. The first-order valence-corrected chi connectivity index (χ1v) is 20.2. The van der Waals surface area contributed by atoms with Crippen LogP contribution in [0.4, 0.5) is 16.2 Å². The monoisotopic (exact) mass is 758 g/mol. The number of carbonyl (C=O) groups excluding carboxylic acids is 3. The van der Waals surface area contributed by atoms with Crippen LogP contribution in [0.1, 0.15) is 98.3 Å². The Balaban J connectivity index is 0.770. The molecular weight excluding hydrogens is 709 g/mol. The molecule has 5 heterocycles. The summed E-state index contributed by atoms with van der Waals surface area (Å²) in [7, 11) is 3.69. The Hall–Kier alpha value is -5.43. The van der Waals surface area contributed by atoms with Gasteiger partial charge in [0.25, 0.3) is 11.5 Å². The van der Waals surface area contributed by atoms with E-state index < -0.39 is 0 Å². The Morgan fingerprint density at radius 3 is 2.45 bits per heavy atom. The zero-order valence-electron chi connectivity index (χ0n) is 32.2. The maximum atomic E-state index is 13.4. The molecule has 4 aliphatic rings. The summed E-state index contributed by atoms with van der Waals surface area (Å²) in [6.07, 6.45) is 14.1. The smallest absolute Gasteiger partial charge is 0.328 e. The number of hydrogen-bond donors (Lipinski definition) is 2. The average molecular weight is 759 g/mol. The molecule has 2 saturated carbocycles. The fourth-order valence-electron chi connectivity index (χ4n) is 9.28. The summed E-state index contributed by atoms with van der Waals surface area (Å²) in [5, 5.41) is 12.2. The Morgan fingerprint density at radius 2 is 1.70 bits per heavy atom. The molecule has 5 aromatic rings. The molecule has 2 aliphatic heterocycles. The minimum Gasteiger partial charge on any atom is -0.496 e. The number of benzene rings is 2. The number of likely N-dealkylation sites (tertiary alicyclic amines) is 1. The van der Waals surface area contributed by atoms with E-state index in [2.05, 4.69) is 50.0 Å². The lowest BCUT2D eigenvalue weighted by molar-refractivity contribution is -0.120. The van der Waals surface area contributed by atoms with Crippen LogP contribution in [0, 0.1) is 5.92 Å². The summed E-state index contributed by atoms with van der Waals surface area (Å²) in [4.78, 5) is 54.7. The van der Waals surface area contributed by atoms with Gasteiger partial charge in [-0.05, 0) is 126 Å². The highest BCUT2D eigenvalue weighted by molar-refractivity contribution is 6.08. The van der Waals surface area contributed by atoms with Crippen LogP contribution in [-0.4, -0.2) is 74.9 Å². The number of hydrogen-bond acceptors (Lipinski definition) is 7. The standard InChI is InChI=1S/C43H50N8O5/c1-47-37-12-11-33(50-21-16-40(52)45-43(50)55)22-29(37)24-38(47)28-14-19-48(20-15-28)18-13-27-5-7-32(8-6-27)51-26-30-23-34(39(56-2)25-36(30)46-51)41(53)44-35-4-3-17-49(42(35)54)31-9-10-31/h3-4,11-12,17,22-28,31-32H,5-10,13-16,18-21H2,1-2H3,(H,44,53)(H,45,52,55). The Kier molecular flexibility index (Phi) is 9.64. The number of nitrogens with one attached hydrogen (secondary N) is 2. The lowest BCUT2D eigenvalue weighted by Gasteiger charge is -2.34. The van der Waals surface area contributed by atoms with Gasteiger partial charge in [0, 0.05) is 78.1 Å². The number of ether oxygens (including phenoxy) is 1. The van der Waals surface area contributed by atoms with Gasteiger partial charge in [-0.2, -0.15) is 5.10 Å². The normalized spacial score (nSPS) is 21.1. The topological polar surface area (TPSA) is 136 Å². The third-order valence-corrected chi connectivity index (χ3v) is 12.7. The second-order valence-corrected chi connectivity index (χ2v) is 16.2. The van der Waals surface area contributed by atoms with Gasteiger partial charge in [-0.15, -0.1) is 0 Å². The van der Waals surface area contributed by atoms with Crippen molar-refractivity contribution in [1.82, 2.24) is 29.1 Å². The molecule has 0 atom stereocenters. The zero-order valence-corrected chi connectivity index (χ0v) is 32.2. The maximum absolute atomic E-state index is 13.4. The third-order valence-electron chi connectivity index (χ3n) is 12.7. The third kappa shape index (κ3) is 7.08. The predicted molar refractivity (Wildman–Crippen MR) is 216 cm³/mol. The first-order chi connectivity index (χ1) is 27.2. The molecule has 3 aromatic heterocycles. The van der Waals surface area contributed by atoms with Crippen LogP contribution in [-0.2, 0) is 11.8 Å². The Labute approximate surface area is 325 Å². The summed E-state index contributed by atoms with van der Waals surface area (Å²) in [5.41, 5.74) is 4.59. The summed E-state index contributed by atoms with van der Waals surface area (Å²) in [6, 6.07) is 15.7.